The van der Waals surface area contributed by atoms with Crippen LogP contribution in [0.4, 0.5) is 0 Å². The van der Waals surface area contributed by atoms with Crippen molar-refractivity contribution in [2.45, 2.75) is 277 Å². The molecular formula is C65H110O5. The lowest BCUT2D eigenvalue weighted by Gasteiger charge is -2.15. The van der Waals surface area contributed by atoms with Crippen molar-refractivity contribution in [1.82, 2.24) is 0 Å². The minimum Gasteiger partial charge on any atom is -0.462 e. The third-order valence-corrected chi connectivity index (χ3v) is 12.6. The normalized spacial score (nSPS) is 13.0. The van der Waals surface area contributed by atoms with Crippen LogP contribution in [0.15, 0.2) is 109 Å². The molecule has 0 aliphatic heterocycles. The Morgan fingerprint density at radius 3 is 0.929 bits per heavy atom. The van der Waals surface area contributed by atoms with Crippen LogP contribution in [0.3, 0.4) is 0 Å². The van der Waals surface area contributed by atoms with E-state index in [4.69, 9.17) is 9.47 Å². The number of aliphatic hydroxyl groups is 1. The number of carbonyl (C=O) groups is 2. The van der Waals surface area contributed by atoms with Gasteiger partial charge in [0.2, 0.25) is 0 Å². The molecule has 1 unspecified atom stereocenters. The van der Waals surface area contributed by atoms with Gasteiger partial charge in [0.15, 0.2) is 6.10 Å². The van der Waals surface area contributed by atoms with Gasteiger partial charge in [-0.1, -0.05) is 264 Å². The van der Waals surface area contributed by atoms with Gasteiger partial charge in [-0.2, -0.15) is 0 Å². The molecule has 70 heavy (non-hydrogen) atoms. The maximum atomic E-state index is 12.3. The third kappa shape index (κ3) is 57.1. The molecule has 0 saturated heterocycles. The molecule has 0 aliphatic carbocycles. The van der Waals surface area contributed by atoms with Gasteiger partial charge in [-0.3, -0.25) is 9.59 Å². The Bertz CT molecular complexity index is 1380. The number of esters is 2. The first kappa shape index (κ1) is 66.6. The molecule has 5 nitrogen and oxygen atoms in total. The predicted octanol–water partition coefficient (Wildman–Crippen LogP) is 20.1. The highest BCUT2D eigenvalue weighted by molar-refractivity contribution is 5.70. The summed E-state index contributed by atoms with van der Waals surface area (Å²) >= 11 is 0. The monoisotopic (exact) mass is 971 g/mol. The third-order valence-electron chi connectivity index (χ3n) is 12.6. The summed E-state index contributed by atoms with van der Waals surface area (Å²) in [6.45, 7) is 4.02. The van der Waals surface area contributed by atoms with Gasteiger partial charge < -0.3 is 14.6 Å². The van der Waals surface area contributed by atoms with Gasteiger partial charge in [-0.25, -0.2) is 0 Å². The molecule has 0 aromatic carbocycles. The standard InChI is InChI=1S/C65H110O5/c1-3-5-7-9-11-13-15-17-19-21-23-25-27-29-30-31-32-33-34-36-38-40-42-44-46-48-50-52-54-56-58-60-65(68)70-63(61-66)62-69-64(67)59-57-55-53-51-49-47-45-43-41-39-37-35-28-26-24-22-20-18-16-14-12-10-8-6-4-2/h5,7,11,13,16-19,22-25,28-30,32-33,35,63,66H,3-4,6,8-10,12,14-15,20-21,26-27,31,34,36-62H2,1-2H3/b7-5-,13-11-,18-16-,19-17-,24-22-,25-23-,30-29-,33-32-,35-28-. The van der Waals surface area contributed by atoms with Crippen LogP contribution < -0.4 is 0 Å². The zero-order chi connectivity index (χ0) is 50.6. The molecule has 0 aromatic rings. The maximum absolute atomic E-state index is 12.3. The Morgan fingerprint density at radius 1 is 0.343 bits per heavy atom. The maximum Gasteiger partial charge on any atom is 0.306 e. The molecule has 1 atom stereocenters. The van der Waals surface area contributed by atoms with E-state index < -0.39 is 6.10 Å². The molecule has 0 spiro atoms. The molecule has 1 N–H and O–H groups in total. The van der Waals surface area contributed by atoms with Crippen LogP contribution in [0, 0.1) is 0 Å². The number of rotatable bonds is 53. The van der Waals surface area contributed by atoms with E-state index >= 15 is 0 Å². The average molecular weight is 972 g/mol. The summed E-state index contributed by atoms with van der Waals surface area (Å²) in [4.78, 5) is 24.6. The second kappa shape index (κ2) is 59.9. The van der Waals surface area contributed by atoms with Gasteiger partial charge in [-0.15, -0.1) is 0 Å². The molecule has 0 bridgehead atoms. The number of aliphatic hydroxyl groups excluding tert-OH is 1. The lowest BCUT2D eigenvalue weighted by molar-refractivity contribution is -0.161. The van der Waals surface area contributed by atoms with Crippen LogP contribution in [0.5, 0.6) is 0 Å². The van der Waals surface area contributed by atoms with Crippen molar-refractivity contribution in [3.8, 4) is 0 Å². The fraction of sp³-hybridized carbons (Fsp3) is 0.692. The fourth-order valence-electron chi connectivity index (χ4n) is 8.15. The van der Waals surface area contributed by atoms with Crippen LogP contribution >= 0.6 is 0 Å². The largest absolute Gasteiger partial charge is 0.462 e. The molecule has 0 aliphatic rings. The zero-order valence-corrected chi connectivity index (χ0v) is 45.7. The topological polar surface area (TPSA) is 72.8 Å². The predicted molar refractivity (Wildman–Crippen MR) is 306 cm³/mol. The first-order chi connectivity index (χ1) is 34.6. The first-order valence-corrected chi connectivity index (χ1v) is 29.4. The lowest BCUT2D eigenvalue weighted by atomic mass is 10.0. The Kier molecular flexibility index (Phi) is 56.9. The van der Waals surface area contributed by atoms with Crippen LogP contribution in [0.2, 0.25) is 0 Å². The molecule has 400 valence electrons. The molecule has 0 radical (unpaired) electrons. The van der Waals surface area contributed by atoms with Gasteiger partial charge in [0.1, 0.15) is 6.61 Å². The van der Waals surface area contributed by atoms with Crippen molar-refractivity contribution in [3.05, 3.63) is 109 Å². The molecule has 0 saturated carbocycles. The van der Waals surface area contributed by atoms with Gasteiger partial charge in [-0.05, 0) is 103 Å². The second-order valence-corrected chi connectivity index (χ2v) is 19.3. The highest BCUT2D eigenvalue weighted by Gasteiger charge is 2.16. The summed E-state index contributed by atoms with van der Waals surface area (Å²) in [6.07, 6.45) is 86.3. The van der Waals surface area contributed by atoms with Crippen LogP contribution in [0.1, 0.15) is 271 Å². The molecular weight excluding hydrogens is 861 g/mol. The summed E-state index contributed by atoms with van der Waals surface area (Å²) in [6, 6.07) is 0. The quantitative estimate of drug-likeness (QED) is 0.0373. The highest BCUT2D eigenvalue weighted by Crippen LogP contribution is 2.15. The van der Waals surface area contributed by atoms with E-state index in [2.05, 4.69) is 123 Å². The second-order valence-electron chi connectivity index (χ2n) is 19.3. The summed E-state index contributed by atoms with van der Waals surface area (Å²) in [5.74, 6) is -0.596. The van der Waals surface area contributed by atoms with E-state index in [1.165, 1.54) is 154 Å². The summed E-state index contributed by atoms with van der Waals surface area (Å²) < 4.78 is 10.7. The highest BCUT2D eigenvalue weighted by atomic mass is 16.6. The van der Waals surface area contributed by atoms with Gasteiger partial charge in [0.25, 0.3) is 0 Å². The van der Waals surface area contributed by atoms with E-state index in [1.54, 1.807) is 0 Å². The van der Waals surface area contributed by atoms with Crippen molar-refractivity contribution in [1.29, 1.82) is 0 Å². The number of hydrogen-bond acceptors (Lipinski definition) is 5. The number of ether oxygens (including phenoxy) is 2. The van der Waals surface area contributed by atoms with Gasteiger partial charge in [0.05, 0.1) is 6.61 Å². The van der Waals surface area contributed by atoms with Crippen LogP contribution in [-0.2, 0) is 19.1 Å². The Hall–Kier alpha value is -3.44. The number of unbranched alkanes of at least 4 members (excludes halogenated alkanes) is 27. The van der Waals surface area contributed by atoms with E-state index in [9.17, 15) is 14.7 Å². The molecule has 0 heterocycles. The van der Waals surface area contributed by atoms with Crippen molar-refractivity contribution in [2.24, 2.45) is 0 Å². The number of allylic oxidation sites excluding steroid dienone is 18. The van der Waals surface area contributed by atoms with Crippen molar-refractivity contribution in [2.75, 3.05) is 13.2 Å². The van der Waals surface area contributed by atoms with E-state index in [1.807, 2.05) is 0 Å². The SMILES string of the molecule is CC/C=C\C/C=C\C/C=C\C/C=C\C/C=C\C/C=C\CCCCCCCCCCCCCCC(=O)OC(CO)COC(=O)CCCCCCCCCCCC/C=C\C/C=C\C/C=C\CCCCCCC. The minimum absolute atomic E-state index is 0.0729. The lowest BCUT2D eigenvalue weighted by Crippen LogP contribution is -2.28. The minimum atomic E-state index is -0.782. The molecule has 0 aromatic heterocycles. The first-order valence-electron chi connectivity index (χ1n) is 29.4. The molecule has 0 rings (SSSR count). The van der Waals surface area contributed by atoms with Gasteiger partial charge >= 0.3 is 11.9 Å². The van der Waals surface area contributed by atoms with Crippen molar-refractivity contribution < 1.29 is 24.2 Å². The average Bonchev–Trinajstić information content (AvgIpc) is 3.36. The van der Waals surface area contributed by atoms with E-state index in [0.717, 1.165) is 89.9 Å². The van der Waals surface area contributed by atoms with Crippen molar-refractivity contribution in [3.63, 3.8) is 0 Å². The van der Waals surface area contributed by atoms with Crippen LogP contribution in [0.25, 0.3) is 0 Å². The van der Waals surface area contributed by atoms with E-state index in [0.29, 0.717) is 12.8 Å². The summed E-state index contributed by atoms with van der Waals surface area (Å²) in [5, 5.41) is 9.67. The molecule has 0 amide bonds. The summed E-state index contributed by atoms with van der Waals surface area (Å²) in [5.41, 5.74) is 0. The zero-order valence-electron chi connectivity index (χ0n) is 45.7. The molecule has 5 heteroatoms. The summed E-state index contributed by atoms with van der Waals surface area (Å²) in [7, 11) is 0. The smallest absolute Gasteiger partial charge is 0.306 e. The van der Waals surface area contributed by atoms with Gasteiger partial charge in [0, 0.05) is 12.8 Å². The van der Waals surface area contributed by atoms with Crippen molar-refractivity contribution >= 4 is 11.9 Å². The Morgan fingerprint density at radius 2 is 0.614 bits per heavy atom. The fourth-order valence-corrected chi connectivity index (χ4v) is 8.15. The number of hydrogen-bond donors (Lipinski definition) is 1. The van der Waals surface area contributed by atoms with Crippen LogP contribution in [-0.4, -0.2) is 36.4 Å². The molecule has 0 fully saturated rings. The van der Waals surface area contributed by atoms with E-state index in [-0.39, 0.29) is 25.2 Å². The Labute approximate surface area is 433 Å². The Balaban J connectivity index is 3.53. The number of carbonyl (C=O) groups excluding carboxylic acids is 2.